The summed E-state index contributed by atoms with van der Waals surface area (Å²) < 4.78 is 11.6. The van der Waals surface area contributed by atoms with Crippen molar-refractivity contribution >= 4 is 18.1 Å². The molecule has 0 aromatic heterocycles. The van der Waals surface area contributed by atoms with Gasteiger partial charge in [0, 0.05) is 17.5 Å². The number of nitrogens with two attached hydrogens (primary N) is 1. The largest absolute Gasteiger partial charge is 0.464 e. The minimum Gasteiger partial charge on any atom is -0.464 e. The molecule has 3 rings (SSSR count). The summed E-state index contributed by atoms with van der Waals surface area (Å²) >= 11 is 0. The van der Waals surface area contributed by atoms with Crippen molar-refractivity contribution in [1.29, 1.82) is 0 Å². The second-order valence-corrected chi connectivity index (χ2v) is 5.77. The average molecular weight is 323 g/mol. The van der Waals surface area contributed by atoms with Crippen LogP contribution in [0.4, 0.5) is 0 Å². The molecule has 2 N–H and O–H groups in total. The summed E-state index contributed by atoms with van der Waals surface area (Å²) in [5.41, 5.74) is 7.70. The highest BCUT2D eigenvalue weighted by Crippen LogP contribution is 2.25. The van der Waals surface area contributed by atoms with Crippen LogP contribution in [-0.2, 0) is 4.74 Å². The van der Waals surface area contributed by atoms with Gasteiger partial charge >= 0.3 is 0 Å². The zero-order valence-electron chi connectivity index (χ0n) is 13.5. The number of ether oxygens (including phenoxy) is 2. The maximum atomic E-state index is 11.3. The molecule has 0 aliphatic carbocycles. The number of primary amides is 1. The van der Waals surface area contributed by atoms with Gasteiger partial charge in [0.25, 0.3) is 0 Å². The highest BCUT2D eigenvalue weighted by Gasteiger charge is 2.16. The third-order valence-electron chi connectivity index (χ3n) is 3.94. The van der Waals surface area contributed by atoms with Crippen LogP contribution in [0.25, 0.3) is 12.2 Å². The van der Waals surface area contributed by atoms with Crippen LogP contribution in [0.1, 0.15) is 40.7 Å². The van der Waals surface area contributed by atoms with Gasteiger partial charge in [-0.15, -0.1) is 0 Å². The number of hydrogen-bond acceptors (Lipinski definition) is 3. The molecule has 124 valence electrons. The van der Waals surface area contributed by atoms with E-state index in [0.717, 1.165) is 42.7 Å². The quantitative estimate of drug-likeness (QED) is 0.850. The molecule has 4 nitrogen and oxygen atoms in total. The first kappa shape index (κ1) is 16.3. The van der Waals surface area contributed by atoms with Crippen molar-refractivity contribution in [2.45, 2.75) is 25.6 Å². The maximum absolute atomic E-state index is 11.3. The van der Waals surface area contributed by atoms with Gasteiger partial charge in [-0.05, 0) is 36.6 Å². The fourth-order valence-electron chi connectivity index (χ4n) is 2.65. The summed E-state index contributed by atoms with van der Waals surface area (Å²) in [6.07, 6.45) is 6.87. The zero-order valence-corrected chi connectivity index (χ0v) is 13.5. The van der Waals surface area contributed by atoms with Crippen molar-refractivity contribution < 1.29 is 14.3 Å². The van der Waals surface area contributed by atoms with Crippen molar-refractivity contribution in [3.63, 3.8) is 0 Å². The molecule has 1 amide bonds. The summed E-state index contributed by atoms with van der Waals surface area (Å²) in [6, 6.07) is 15.1. The van der Waals surface area contributed by atoms with E-state index in [0.29, 0.717) is 5.56 Å². The molecule has 24 heavy (non-hydrogen) atoms. The minimum absolute atomic E-state index is 0.175. The van der Waals surface area contributed by atoms with Crippen molar-refractivity contribution in [1.82, 2.24) is 0 Å². The number of carbonyl (C=O) groups excluding carboxylic acids is 1. The first-order chi connectivity index (χ1) is 11.7. The summed E-state index contributed by atoms with van der Waals surface area (Å²) in [6.45, 7) is 0.753. The van der Waals surface area contributed by atoms with Gasteiger partial charge in [-0.2, -0.15) is 0 Å². The van der Waals surface area contributed by atoms with Crippen LogP contribution in [0.2, 0.25) is 0 Å². The molecule has 0 bridgehead atoms. The van der Waals surface area contributed by atoms with E-state index in [2.05, 4.69) is 0 Å². The van der Waals surface area contributed by atoms with Gasteiger partial charge in [-0.1, -0.05) is 42.5 Å². The number of benzene rings is 2. The molecule has 1 aliphatic heterocycles. The Morgan fingerprint density at radius 1 is 1.12 bits per heavy atom. The Kier molecular flexibility index (Phi) is 5.29. The van der Waals surface area contributed by atoms with Gasteiger partial charge in [0.05, 0.1) is 6.61 Å². The third-order valence-corrected chi connectivity index (χ3v) is 3.94. The predicted octanol–water partition coefficient (Wildman–Crippen LogP) is 3.86. The van der Waals surface area contributed by atoms with E-state index in [1.807, 2.05) is 48.6 Å². The van der Waals surface area contributed by atoms with Gasteiger partial charge in [0.2, 0.25) is 5.91 Å². The van der Waals surface area contributed by atoms with Crippen LogP contribution in [-0.4, -0.2) is 18.8 Å². The topological polar surface area (TPSA) is 61.6 Å². The van der Waals surface area contributed by atoms with Crippen molar-refractivity contribution in [2.24, 2.45) is 5.73 Å². The smallest absolute Gasteiger partial charge is 0.248 e. The zero-order chi connectivity index (χ0) is 16.8. The summed E-state index contributed by atoms with van der Waals surface area (Å²) in [4.78, 5) is 11.3. The Balaban J connectivity index is 1.77. The van der Waals surface area contributed by atoms with Crippen molar-refractivity contribution in [3.8, 4) is 5.75 Å². The van der Waals surface area contributed by atoms with Gasteiger partial charge < -0.3 is 15.2 Å². The standard InChI is InChI=1S/C20H21NO3/c21-20(22)17-8-5-6-15(14-17)11-12-16-7-1-2-9-18(16)24-19-10-3-4-13-23-19/h1-2,5-9,11-12,14,19H,3-4,10,13H2,(H2,21,22). The number of carbonyl (C=O) groups is 1. The highest BCUT2D eigenvalue weighted by molar-refractivity contribution is 5.93. The molecule has 2 aromatic carbocycles. The Hall–Kier alpha value is -2.59. The Bertz CT molecular complexity index is 733. The van der Waals surface area contributed by atoms with Gasteiger partial charge in [-0.25, -0.2) is 0 Å². The molecule has 0 spiro atoms. The molecule has 0 saturated carbocycles. The van der Waals surface area contributed by atoms with Crippen LogP contribution in [0.15, 0.2) is 48.5 Å². The molecule has 4 heteroatoms. The second kappa shape index (κ2) is 7.79. The molecule has 1 saturated heterocycles. The Morgan fingerprint density at radius 2 is 2.00 bits per heavy atom. The van der Waals surface area contributed by atoms with Crippen LogP contribution >= 0.6 is 0 Å². The second-order valence-electron chi connectivity index (χ2n) is 5.77. The predicted molar refractivity (Wildman–Crippen MR) is 94.5 cm³/mol. The molecule has 1 atom stereocenters. The summed E-state index contributed by atoms with van der Waals surface area (Å²) in [5, 5.41) is 0. The minimum atomic E-state index is -0.427. The van der Waals surface area contributed by atoms with E-state index in [1.54, 1.807) is 12.1 Å². The molecule has 0 radical (unpaired) electrons. The van der Waals surface area contributed by atoms with Gasteiger partial charge in [0.15, 0.2) is 6.29 Å². The van der Waals surface area contributed by atoms with E-state index < -0.39 is 5.91 Å². The van der Waals surface area contributed by atoms with Crippen molar-refractivity contribution in [3.05, 3.63) is 65.2 Å². The van der Waals surface area contributed by atoms with E-state index >= 15 is 0 Å². The van der Waals surface area contributed by atoms with E-state index in [9.17, 15) is 4.79 Å². The van der Waals surface area contributed by atoms with Crippen molar-refractivity contribution in [2.75, 3.05) is 6.61 Å². The number of para-hydroxylation sites is 1. The molecule has 1 heterocycles. The first-order valence-corrected chi connectivity index (χ1v) is 8.17. The number of amides is 1. The fourth-order valence-corrected chi connectivity index (χ4v) is 2.65. The SMILES string of the molecule is NC(=O)c1cccc(C=Cc2ccccc2OC2CCCCO2)c1. The first-order valence-electron chi connectivity index (χ1n) is 8.17. The Labute approximate surface area is 141 Å². The lowest BCUT2D eigenvalue weighted by Gasteiger charge is -2.24. The summed E-state index contributed by atoms with van der Waals surface area (Å²) in [5.74, 6) is 0.370. The fraction of sp³-hybridized carbons (Fsp3) is 0.250. The molecular formula is C20H21NO3. The number of rotatable bonds is 5. The molecule has 1 aliphatic rings. The monoisotopic (exact) mass is 323 g/mol. The average Bonchev–Trinajstić information content (AvgIpc) is 2.62. The van der Waals surface area contributed by atoms with E-state index in [1.165, 1.54) is 0 Å². The van der Waals surface area contributed by atoms with Gasteiger partial charge in [-0.3, -0.25) is 4.79 Å². The lowest BCUT2D eigenvalue weighted by atomic mass is 10.1. The molecule has 1 unspecified atom stereocenters. The highest BCUT2D eigenvalue weighted by atomic mass is 16.7. The Morgan fingerprint density at radius 3 is 2.79 bits per heavy atom. The molecule has 1 fully saturated rings. The third kappa shape index (κ3) is 4.24. The van der Waals surface area contributed by atoms with Crippen LogP contribution < -0.4 is 10.5 Å². The maximum Gasteiger partial charge on any atom is 0.248 e. The normalized spacial score (nSPS) is 17.8. The summed E-state index contributed by atoms with van der Waals surface area (Å²) in [7, 11) is 0. The van der Waals surface area contributed by atoms with E-state index in [-0.39, 0.29) is 6.29 Å². The molecule has 2 aromatic rings. The van der Waals surface area contributed by atoms with Gasteiger partial charge in [0.1, 0.15) is 5.75 Å². The lowest BCUT2D eigenvalue weighted by molar-refractivity contribution is -0.106. The van der Waals surface area contributed by atoms with Crippen LogP contribution in [0.3, 0.4) is 0 Å². The lowest BCUT2D eigenvalue weighted by Crippen LogP contribution is -2.25. The van der Waals surface area contributed by atoms with Crippen LogP contribution in [0, 0.1) is 0 Å². The van der Waals surface area contributed by atoms with E-state index in [4.69, 9.17) is 15.2 Å². The van der Waals surface area contributed by atoms with Crippen LogP contribution in [0.5, 0.6) is 5.75 Å². The number of hydrogen-bond donors (Lipinski definition) is 1. The molecular weight excluding hydrogens is 302 g/mol.